The maximum atomic E-state index is 11.0. The van der Waals surface area contributed by atoms with Crippen LogP contribution in [0.1, 0.15) is 24.3 Å². The van der Waals surface area contributed by atoms with Crippen molar-refractivity contribution < 1.29 is 9.32 Å². The summed E-state index contributed by atoms with van der Waals surface area (Å²) in [5, 5.41) is 2.11. The Hall–Kier alpha value is -1.36. The molecule has 66 valence electrons. The number of aromatic nitrogens is 1. The highest BCUT2D eigenvalue weighted by molar-refractivity contribution is 5.82. The minimum Gasteiger partial charge on any atom is -0.383 e. The zero-order chi connectivity index (χ0) is 9.30. The zero-order valence-corrected chi connectivity index (χ0v) is 6.88. The molecule has 0 saturated heterocycles. The second kappa shape index (κ2) is 2.94. The van der Waals surface area contributed by atoms with Crippen LogP contribution in [-0.4, -0.2) is 10.9 Å². The van der Waals surface area contributed by atoms with Crippen molar-refractivity contribution >= 4 is 5.78 Å². The second-order valence-electron chi connectivity index (χ2n) is 2.59. The van der Waals surface area contributed by atoms with Gasteiger partial charge in [-0.3, -0.25) is 9.59 Å². The number of nitrogens with two attached hydrogens (primary N) is 1. The van der Waals surface area contributed by atoms with Gasteiger partial charge in [0.05, 0.1) is 11.6 Å². The molecule has 1 rings (SSSR count). The molecule has 0 bridgehead atoms. The Morgan fingerprint density at radius 2 is 2.25 bits per heavy atom. The topological polar surface area (TPSA) is 89.1 Å². The van der Waals surface area contributed by atoms with Crippen molar-refractivity contribution in [2.45, 2.75) is 19.9 Å². The molecule has 0 aliphatic heterocycles. The van der Waals surface area contributed by atoms with Gasteiger partial charge in [-0.15, -0.1) is 0 Å². The molecule has 3 N–H and O–H groups in total. The van der Waals surface area contributed by atoms with Crippen LogP contribution < -0.4 is 11.3 Å². The average molecular weight is 170 g/mol. The number of Topliss-reactive ketones (excluding diaryl/α,β-unsaturated/α-hetero) is 1. The number of rotatable bonds is 2. The Kier molecular flexibility index (Phi) is 2.14. The summed E-state index contributed by atoms with van der Waals surface area (Å²) in [5.74, 6) is 0.104. The van der Waals surface area contributed by atoms with Gasteiger partial charge in [-0.05, 0) is 13.8 Å². The standard InChI is InChI=1S/C7H10N2O3/c1-3(10)6(8)5-4(2)12-9-7(5)11/h6H,8H2,1-2H3,(H,9,11)/t6-/m1/s1. The normalized spacial score (nSPS) is 12.9. The highest BCUT2D eigenvalue weighted by Crippen LogP contribution is 2.10. The molecule has 0 amide bonds. The molecule has 0 aliphatic carbocycles. The van der Waals surface area contributed by atoms with E-state index in [1.165, 1.54) is 6.92 Å². The molecule has 12 heavy (non-hydrogen) atoms. The van der Waals surface area contributed by atoms with Crippen molar-refractivity contribution in [3.63, 3.8) is 0 Å². The van der Waals surface area contributed by atoms with Gasteiger partial charge < -0.3 is 10.3 Å². The molecule has 5 nitrogen and oxygen atoms in total. The van der Waals surface area contributed by atoms with Gasteiger partial charge in [0.25, 0.3) is 5.56 Å². The van der Waals surface area contributed by atoms with Crippen LogP contribution in [0, 0.1) is 6.92 Å². The number of hydrogen-bond donors (Lipinski definition) is 2. The lowest BCUT2D eigenvalue weighted by Crippen LogP contribution is -2.24. The molecule has 1 aromatic rings. The third-order valence-corrected chi connectivity index (χ3v) is 1.67. The molecular weight excluding hydrogens is 160 g/mol. The molecule has 0 aromatic carbocycles. The SMILES string of the molecule is CC(=O)[C@@H](N)c1c(C)o[nH]c1=O. The van der Waals surface area contributed by atoms with Crippen molar-refractivity contribution in [2.24, 2.45) is 5.73 Å². The Morgan fingerprint density at radius 1 is 1.67 bits per heavy atom. The fourth-order valence-corrected chi connectivity index (χ4v) is 0.956. The van der Waals surface area contributed by atoms with E-state index in [1.807, 2.05) is 0 Å². The summed E-state index contributed by atoms with van der Waals surface area (Å²) in [6.07, 6.45) is 0. The van der Waals surface area contributed by atoms with Crippen LogP contribution in [-0.2, 0) is 4.79 Å². The predicted octanol–water partition coefficient (Wildman–Crippen LogP) is -0.135. The number of aromatic amines is 1. The van der Waals surface area contributed by atoms with E-state index < -0.39 is 11.6 Å². The van der Waals surface area contributed by atoms with Crippen LogP contribution in [0.4, 0.5) is 0 Å². The first-order valence-electron chi connectivity index (χ1n) is 3.48. The maximum Gasteiger partial charge on any atom is 0.285 e. The molecule has 1 aromatic heterocycles. The number of nitrogens with one attached hydrogen (secondary N) is 1. The number of carbonyl (C=O) groups excluding carboxylic acids is 1. The smallest absolute Gasteiger partial charge is 0.285 e. The average Bonchev–Trinajstić information content (AvgIpc) is 2.30. The van der Waals surface area contributed by atoms with E-state index in [4.69, 9.17) is 10.3 Å². The van der Waals surface area contributed by atoms with Crippen LogP contribution in [0.3, 0.4) is 0 Å². The number of aryl methyl sites for hydroxylation is 1. The Bertz CT molecular complexity index is 350. The summed E-state index contributed by atoms with van der Waals surface area (Å²) in [6, 6.07) is -0.882. The Balaban J connectivity index is 3.18. The third kappa shape index (κ3) is 1.31. The van der Waals surface area contributed by atoms with Crippen molar-refractivity contribution in [3.05, 3.63) is 21.7 Å². The highest BCUT2D eigenvalue weighted by atomic mass is 16.5. The number of H-pyrrole nitrogens is 1. The third-order valence-electron chi connectivity index (χ3n) is 1.67. The lowest BCUT2D eigenvalue weighted by molar-refractivity contribution is -0.118. The number of carbonyl (C=O) groups is 1. The van der Waals surface area contributed by atoms with Crippen molar-refractivity contribution in [2.75, 3.05) is 0 Å². The van der Waals surface area contributed by atoms with Crippen molar-refractivity contribution in [3.8, 4) is 0 Å². The zero-order valence-electron chi connectivity index (χ0n) is 6.88. The molecule has 0 saturated carbocycles. The summed E-state index contributed by atoms with van der Waals surface area (Å²) in [6.45, 7) is 2.91. The van der Waals surface area contributed by atoms with E-state index in [2.05, 4.69) is 5.16 Å². The van der Waals surface area contributed by atoms with Gasteiger partial charge in [0.15, 0.2) is 5.78 Å². The van der Waals surface area contributed by atoms with Gasteiger partial charge in [-0.25, -0.2) is 0 Å². The molecule has 5 heteroatoms. The fourth-order valence-electron chi connectivity index (χ4n) is 0.956. The molecule has 0 aliphatic rings. The van der Waals surface area contributed by atoms with Gasteiger partial charge >= 0.3 is 0 Å². The van der Waals surface area contributed by atoms with Crippen LogP contribution in [0.5, 0.6) is 0 Å². The largest absolute Gasteiger partial charge is 0.383 e. The molecule has 0 fully saturated rings. The van der Waals surface area contributed by atoms with Crippen LogP contribution in [0.15, 0.2) is 9.32 Å². The summed E-state index contributed by atoms with van der Waals surface area (Å²) in [5.41, 5.74) is 5.23. The van der Waals surface area contributed by atoms with E-state index in [-0.39, 0.29) is 11.3 Å². The summed E-state index contributed by atoms with van der Waals surface area (Å²) < 4.78 is 4.70. The summed E-state index contributed by atoms with van der Waals surface area (Å²) >= 11 is 0. The summed E-state index contributed by atoms with van der Waals surface area (Å²) in [4.78, 5) is 21.8. The Labute approximate surface area is 68.5 Å². The monoisotopic (exact) mass is 170 g/mol. The van der Waals surface area contributed by atoms with Gasteiger partial charge in [0, 0.05) is 0 Å². The van der Waals surface area contributed by atoms with E-state index in [0.29, 0.717) is 5.76 Å². The van der Waals surface area contributed by atoms with E-state index in [9.17, 15) is 9.59 Å². The molecule has 1 atom stereocenters. The molecule has 1 heterocycles. The van der Waals surface area contributed by atoms with Gasteiger partial charge in [0.2, 0.25) is 0 Å². The lowest BCUT2D eigenvalue weighted by Gasteiger charge is -2.02. The lowest BCUT2D eigenvalue weighted by atomic mass is 10.1. The molecule has 0 spiro atoms. The van der Waals surface area contributed by atoms with Crippen molar-refractivity contribution in [1.29, 1.82) is 0 Å². The van der Waals surface area contributed by atoms with E-state index >= 15 is 0 Å². The first-order chi connectivity index (χ1) is 5.54. The highest BCUT2D eigenvalue weighted by Gasteiger charge is 2.20. The minimum atomic E-state index is -0.882. The molecular formula is C7H10N2O3. The molecule has 0 radical (unpaired) electrons. The number of hydrogen-bond acceptors (Lipinski definition) is 4. The first kappa shape index (κ1) is 8.73. The molecule has 0 unspecified atom stereocenters. The van der Waals surface area contributed by atoms with Gasteiger partial charge in [-0.2, -0.15) is 5.16 Å². The summed E-state index contributed by atoms with van der Waals surface area (Å²) in [7, 11) is 0. The van der Waals surface area contributed by atoms with Crippen LogP contribution >= 0.6 is 0 Å². The van der Waals surface area contributed by atoms with Crippen LogP contribution in [0.25, 0.3) is 0 Å². The Morgan fingerprint density at radius 3 is 2.58 bits per heavy atom. The number of ketones is 1. The second-order valence-corrected chi connectivity index (χ2v) is 2.59. The van der Waals surface area contributed by atoms with Gasteiger partial charge in [-0.1, -0.05) is 0 Å². The van der Waals surface area contributed by atoms with E-state index in [0.717, 1.165) is 0 Å². The fraction of sp³-hybridized carbons (Fsp3) is 0.429. The predicted molar refractivity (Wildman–Crippen MR) is 41.7 cm³/mol. The van der Waals surface area contributed by atoms with Crippen molar-refractivity contribution in [1.82, 2.24) is 5.16 Å². The van der Waals surface area contributed by atoms with Gasteiger partial charge in [0.1, 0.15) is 5.76 Å². The van der Waals surface area contributed by atoms with Crippen LogP contribution in [0.2, 0.25) is 0 Å². The minimum absolute atomic E-state index is 0.211. The first-order valence-corrected chi connectivity index (χ1v) is 3.48. The maximum absolute atomic E-state index is 11.0. The quantitative estimate of drug-likeness (QED) is 0.646. The van der Waals surface area contributed by atoms with E-state index in [1.54, 1.807) is 6.92 Å².